The molecule has 0 aliphatic carbocycles. The Bertz CT molecular complexity index is 776. The van der Waals surface area contributed by atoms with Crippen molar-refractivity contribution in [2.75, 3.05) is 32.6 Å². The predicted octanol–water partition coefficient (Wildman–Crippen LogP) is 1.87. The minimum atomic E-state index is -3.47. The quantitative estimate of drug-likeness (QED) is 0.716. The summed E-state index contributed by atoms with van der Waals surface area (Å²) in [5.74, 6) is 0.778. The second kappa shape index (κ2) is 8.80. The second-order valence-electron chi connectivity index (χ2n) is 7.44. The summed E-state index contributed by atoms with van der Waals surface area (Å²) < 4.78 is 38.4. The van der Waals surface area contributed by atoms with Gasteiger partial charge in [-0.25, -0.2) is 8.42 Å². The van der Waals surface area contributed by atoms with Gasteiger partial charge in [-0.2, -0.15) is 4.31 Å². The number of rotatable bonds is 6. The molecule has 2 atom stereocenters. The molecule has 2 fully saturated rings. The Labute approximate surface area is 167 Å². The summed E-state index contributed by atoms with van der Waals surface area (Å²) in [4.78, 5) is 14.6. The minimum Gasteiger partial charge on any atom is -0.497 e. The number of benzene rings is 1. The van der Waals surface area contributed by atoms with Crippen LogP contribution in [0.25, 0.3) is 0 Å². The van der Waals surface area contributed by atoms with E-state index in [9.17, 15) is 13.2 Å². The topological polar surface area (TPSA) is 76.2 Å². The molecule has 1 aromatic rings. The Morgan fingerprint density at radius 1 is 1.21 bits per heavy atom. The van der Waals surface area contributed by atoms with E-state index in [4.69, 9.17) is 9.47 Å². The molecule has 0 bridgehead atoms. The van der Waals surface area contributed by atoms with E-state index in [0.29, 0.717) is 13.1 Å². The van der Waals surface area contributed by atoms with Gasteiger partial charge in [-0.05, 0) is 30.5 Å². The first-order valence-electron chi connectivity index (χ1n) is 9.92. The van der Waals surface area contributed by atoms with Crippen molar-refractivity contribution in [3.63, 3.8) is 0 Å². The number of ether oxygens (including phenoxy) is 2. The number of hydrogen-bond acceptors (Lipinski definition) is 5. The molecule has 2 aliphatic rings. The van der Waals surface area contributed by atoms with Crippen LogP contribution in [0.3, 0.4) is 0 Å². The van der Waals surface area contributed by atoms with Crippen molar-refractivity contribution in [2.24, 2.45) is 5.92 Å². The number of carbonyl (C=O) groups excluding carboxylic acids is 1. The number of amides is 1. The van der Waals surface area contributed by atoms with Crippen LogP contribution in [0.1, 0.15) is 32.3 Å². The molecule has 3 rings (SSSR count). The summed E-state index contributed by atoms with van der Waals surface area (Å²) >= 11 is 0. The lowest BCUT2D eigenvalue weighted by Gasteiger charge is -2.28. The summed E-state index contributed by atoms with van der Waals surface area (Å²) in [6.45, 7) is 5.29. The predicted molar refractivity (Wildman–Crippen MR) is 107 cm³/mol. The molecule has 1 aromatic carbocycles. The fraction of sp³-hybridized carbons (Fsp3) is 0.650. The number of sulfonamides is 1. The van der Waals surface area contributed by atoms with Crippen molar-refractivity contribution in [3.8, 4) is 5.75 Å². The standard InChI is InChI=1S/C20H30N2O5S/c1-4-16(5-2)20(23)21-13-18-19(14-21)27-10-11-28(24,25)22(18)12-15-6-8-17(26-3)9-7-15/h6-9,16,18-19H,4-5,10-14H2,1-3H3/t18-,19+/m1/s1. The van der Waals surface area contributed by atoms with Gasteiger partial charge in [0.2, 0.25) is 15.9 Å². The van der Waals surface area contributed by atoms with Crippen LogP contribution in [0.5, 0.6) is 5.75 Å². The van der Waals surface area contributed by atoms with Crippen molar-refractivity contribution < 1.29 is 22.7 Å². The van der Waals surface area contributed by atoms with E-state index in [-0.39, 0.29) is 42.9 Å². The van der Waals surface area contributed by atoms with Gasteiger partial charge >= 0.3 is 0 Å². The molecule has 0 unspecified atom stereocenters. The number of nitrogens with zero attached hydrogens (tertiary/aromatic N) is 2. The molecular formula is C20H30N2O5S. The third-order valence-corrected chi connectivity index (χ3v) is 7.58. The Hall–Kier alpha value is -1.64. The molecule has 0 N–H and O–H groups in total. The van der Waals surface area contributed by atoms with Crippen molar-refractivity contribution in [3.05, 3.63) is 29.8 Å². The van der Waals surface area contributed by atoms with E-state index in [2.05, 4.69) is 0 Å². The molecule has 0 radical (unpaired) electrons. The van der Waals surface area contributed by atoms with Crippen LogP contribution in [0.15, 0.2) is 24.3 Å². The highest BCUT2D eigenvalue weighted by atomic mass is 32.2. The maximum absolute atomic E-state index is 12.9. The zero-order valence-corrected chi connectivity index (χ0v) is 17.7. The van der Waals surface area contributed by atoms with Gasteiger partial charge in [-0.3, -0.25) is 4.79 Å². The zero-order chi connectivity index (χ0) is 20.3. The monoisotopic (exact) mass is 410 g/mol. The fourth-order valence-corrected chi connectivity index (χ4v) is 5.53. The van der Waals surface area contributed by atoms with E-state index in [1.165, 1.54) is 4.31 Å². The van der Waals surface area contributed by atoms with Gasteiger partial charge in [-0.15, -0.1) is 0 Å². The number of methoxy groups -OCH3 is 1. The van der Waals surface area contributed by atoms with Crippen molar-refractivity contribution in [1.29, 1.82) is 0 Å². The molecule has 2 aliphatic heterocycles. The summed E-state index contributed by atoms with van der Waals surface area (Å²) in [7, 11) is -1.87. The average molecular weight is 411 g/mol. The van der Waals surface area contributed by atoms with E-state index in [0.717, 1.165) is 24.2 Å². The van der Waals surface area contributed by atoms with Gasteiger partial charge in [0.1, 0.15) is 5.75 Å². The van der Waals surface area contributed by atoms with Crippen molar-refractivity contribution in [1.82, 2.24) is 9.21 Å². The molecule has 8 heteroatoms. The first-order valence-corrected chi connectivity index (χ1v) is 11.5. The van der Waals surface area contributed by atoms with Gasteiger partial charge in [0, 0.05) is 25.6 Å². The van der Waals surface area contributed by atoms with Crippen LogP contribution in [-0.2, 0) is 26.1 Å². The second-order valence-corrected chi connectivity index (χ2v) is 9.48. The van der Waals surface area contributed by atoms with E-state index in [1.807, 2.05) is 38.1 Å². The van der Waals surface area contributed by atoms with Gasteiger partial charge in [0.15, 0.2) is 0 Å². The van der Waals surface area contributed by atoms with Crippen LogP contribution in [0.2, 0.25) is 0 Å². The summed E-state index contributed by atoms with van der Waals surface area (Å²) in [6, 6.07) is 7.04. The molecule has 2 saturated heterocycles. The molecule has 2 heterocycles. The zero-order valence-electron chi connectivity index (χ0n) is 16.8. The van der Waals surface area contributed by atoms with Crippen molar-refractivity contribution >= 4 is 15.9 Å². The largest absolute Gasteiger partial charge is 0.497 e. The Balaban J connectivity index is 1.83. The SMILES string of the molecule is CCC(CC)C(=O)N1C[C@@H]2OCCS(=O)(=O)N(Cc3ccc(OC)cc3)[C@@H]2C1. The van der Waals surface area contributed by atoms with Crippen LogP contribution < -0.4 is 4.74 Å². The summed E-state index contributed by atoms with van der Waals surface area (Å²) in [5, 5.41) is 0. The van der Waals surface area contributed by atoms with Gasteiger partial charge in [0.25, 0.3) is 0 Å². The molecule has 28 heavy (non-hydrogen) atoms. The lowest BCUT2D eigenvalue weighted by atomic mass is 10.0. The van der Waals surface area contributed by atoms with Crippen LogP contribution in [0, 0.1) is 5.92 Å². The highest BCUT2D eigenvalue weighted by Crippen LogP contribution is 2.29. The minimum absolute atomic E-state index is 0.0195. The van der Waals surface area contributed by atoms with Crippen LogP contribution in [0.4, 0.5) is 0 Å². The molecule has 156 valence electrons. The Kier molecular flexibility index (Phi) is 6.62. The molecular weight excluding hydrogens is 380 g/mol. The van der Waals surface area contributed by atoms with Crippen molar-refractivity contribution in [2.45, 2.75) is 45.4 Å². The number of carbonyl (C=O) groups is 1. The Morgan fingerprint density at radius 3 is 2.50 bits per heavy atom. The third kappa shape index (κ3) is 4.34. The average Bonchev–Trinajstić information content (AvgIpc) is 3.06. The first-order chi connectivity index (χ1) is 13.4. The molecule has 1 amide bonds. The highest BCUT2D eigenvalue weighted by Gasteiger charge is 2.46. The lowest BCUT2D eigenvalue weighted by molar-refractivity contribution is -0.135. The van der Waals surface area contributed by atoms with Crippen LogP contribution >= 0.6 is 0 Å². The first kappa shape index (κ1) is 21.1. The third-order valence-electron chi connectivity index (χ3n) is 5.78. The van der Waals surface area contributed by atoms with E-state index >= 15 is 0 Å². The Morgan fingerprint density at radius 2 is 1.89 bits per heavy atom. The number of fused-ring (bicyclic) bond motifs is 1. The molecule has 0 saturated carbocycles. The molecule has 7 nitrogen and oxygen atoms in total. The van der Waals surface area contributed by atoms with E-state index < -0.39 is 10.0 Å². The smallest absolute Gasteiger partial charge is 0.225 e. The molecule has 0 aromatic heterocycles. The van der Waals surface area contributed by atoms with Gasteiger partial charge in [-0.1, -0.05) is 26.0 Å². The maximum Gasteiger partial charge on any atom is 0.225 e. The number of likely N-dealkylation sites (tertiary alicyclic amines) is 1. The van der Waals surface area contributed by atoms with Gasteiger partial charge in [0.05, 0.1) is 31.6 Å². The summed E-state index contributed by atoms with van der Waals surface area (Å²) in [6.07, 6.45) is 1.29. The van der Waals surface area contributed by atoms with Crippen LogP contribution in [-0.4, -0.2) is 68.2 Å². The highest BCUT2D eigenvalue weighted by molar-refractivity contribution is 7.89. The molecule has 0 spiro atoms. The lowest BCUT2D eigenvalue weighted by Crippen LogP contribution is -2.45. The summed E-state index contributed by atoms with van der Waals surface area (Å²) in [5.41, 5.74) is 0.884. The fourth-order valence-electron chi connectivity index (χ4n) is 4.03. The maximum atomic E-state index is 12.9. The van der Waals surface area contributed by atoms with Gasteiger partial charge < -0.3 is 14.4 Å². The normalized spacial score (nSPS) is 24.8. The van der Waals surface area contributed by atoms with E-state index in [1.54, 1.807) is 12.0 Å². The number of hydrogen-bond donors (Lipinski definition) is 0.